The third kappa shape index (κ3) is 5.36. The van der Waals surface area contributed by atoms with E-state index >= 15 is 0 Å². The van der Waals surface area contributed by atoms with E-state index in [0.29, 0.717) is 12.3 Å². The first-order valence-electron chi connectivity index (χ1n) is 9.48. The van der Waals surface area contributed by atoms with Gasteiger partial charge in [0.2, 0.25) is 5.91 Å². The van der Waals surface area contributed by atoms with Crippen molar-refractivity contribution in [1.29, 1.82) is 0 Å². The highest BCUT2D eigenvalue weighted by Crippen LogP contribution is 2.28. The number of hydrogen-bond acceptors (Lipinski definition) is 7. The van der Waals surface area contributed by atoms with Crippen LogP contribution in [-0.4, -0.2) is 71.6 Å². The second-order valence-electron chi connectivity index (χ2n) is 6.73. The molecule has 1 saturated heterocycles. The van der Waals surface area contributed by atoms with Gasteiger partial charge >= 0.3 is 0 Å². The van der Waals surface area contributed by atoms with Crippen molar-refractivity contribution in [3.05, 3.63) is 46.7 Å². The van der Waals surface area contributed by atoms with Gasteiger partial charge in [-0.3, -0.25) is 14.5 Å². The summed E-state index contributed by atoms with van der Waals surface area (Å²) in [6.45, 7) is 4.57. The number of fused-ring (bicyclic) bond motifs is 1. The Labute approximate surface area is 181 Å². The SMILES string of the molecule is O=C(CSc1nc2ccccc2s1)NCCN1CCN(C(=O)c2ccsc2)CC1. The molecule has 3 aromatic rings. The van der Waals surface area contributed by atoms with E-state index in [1.807, 2.05) is 46.0 Å². The van der Waals surface area contributed by atoms with Gasteiger partial charge in [0.25, 0.3) is 5.91 Å². The number of thiophene rings is 1. The number of nitrogens with one attached hydrogen (secondary N) is 1. The molecule has 1 N–H and O–H groups in total. The Kier molecular flexibility index (Phi) is 6.81. The summed E-state index contributed by atoms with van der Waals surface area (Å²) in [5.74, 6) is 0.523. The summed E-state index contributed by atoms with van der Waals surface area (Å²) >= 11 is 4.65. The molecule has 1 aliphatic heterocycles. The summed E-state index contributed by atoms with van der Waals surface area (Å²) in [6.07, 6.45) is 0. The molecule has 1 aliphatic rings. The quantitative estimate of drug-likeness (QED) is 0.565. The number of para-hydroxylation sites is 1. The van der Waals surface area contributed by atoms with Crippen molar-refractivity contribution in [2.45, 2.75) is 4.34 Å². The van der Waals surface area contributed by atoms with E-state index in [0.717, 1.165) is 52.8 Å². The van der Waals surface area contributed by atoms with E-state index < -0.39 is 0 Å². The van der Waals surface area contributed by atoms with E-state index in [9.17, 15) is 9.59 Å². The highest BCUT2D eigenvalue weighted by Gasteiger charge is 2.22. The van der Waals surface area contributed by atoms with Crippen molar-refractivity contribution in [2.75, 3.05) is 45.0 Å². The molecular weight excluding hydrogens is 424 g/mol. The number of rotatable bonds is 7. The smallest absolute Gasteiger partial charge is 0.254 e. The first kappa shape index (κ1) is 20.3. The highest BCUT2D eigenvalue weighted by molar-refractivity contribution is 8.01. The van der Waals surface area contributed by atoms with Crippen LogP contribution in [0.5, 0.6) is 0 Å². The number of thioether (sulfide) groups is 1. The summed E-state index contributed by atoms with van der Waals surface area (Å²) < 4.78 is 2.07. The topological polar surface area (TPSA) is 65.5 Å². The van der Waals surface area contributed by atoms with Gasteiger partial charge in [0, 0.05) is 44.6 Å². The van der Waals surface area contributed by atoms with Crippen molar-refractivity contribution in [3.8, 4) is 0 Å². The van der Waals surface area contributed by atoms with Gasteiger partial charge in [-0.1, -0.05) is 23.9 Å². The van der Waals surface area contributed by atoms with Crippen LogP contribution >= 0.6 is 34.4 Å². The molecule has 29 heavy (non-hydrogen) atoms. The highest BCUT2D eigenvalue weighted by atomic mass is 32.2. The van der Waals surface area contributed by atoms with Gasteiger partial charge < -0.3 is 10.2 Å². The number of amides is 2. The second-order valence-corrected chi connectivity index (χ2v) is 9.77. The lowest BCUT2D eigenvalue weighted by molar-refractivity contribution is -0.118. The minimum atomic E-state index is 0.0283. The molecule has 0 spiro atoms. The molecule has 2 aromatic heterocycles. The number of hydrogen-bond donors (Lipinski definition) is 1. The Morgan fingerprint density at radius 3 is 2.72 bits per heavy atom. The van der Waals surface area contributed by atoms with E-state index in [1.165, 1.54) is 11.8 Å². The molecule has 4 rings (SSSR count). The molecule has 0 radical (unpaired) electrons. The number of thiazole rings is 1. The van der Waals surface area contributed by atoms with Crippen LogP contribution < -0.4 is 5.32 Å². The van der Waals surface area contributed by atoms with Crippen LogP contribution in [0, 0.1) is 0 Å². The number of aromatic nitrogens is 1. The average Bonchev–Trinajstić information content (AvgIpc) is 3.42. The molecule has 0 aliphatic carbocycles. The summed E-state index contributed by atoms with van der Waals surface area (Å²) in [7, 11) is 0. The Morgan fingerprint density at radius 1 is 1.14 bits per heavy atom. The largest absolute Gasteiger partial charge is 0.354 e. The number of carbonyl (C=O) groups is 2. The predicted molar refractivity (Wildman–Crippen MR) is 120 cm³/mol. The lowest BCUT2D eigenvalue weighted by atomic mass is 10.2. The summed E-state index contributed by atoms with van der Waals surface area (Å²) in [6, 6.07) is 9.89. The zero-order valence-electron chi connectivity index (χ0n) is 15.9. The molecule has 6 nitrogen and oxygen atoms in total. The van der Waals surface area contributed by atoms with Crippen LogP contribution in [0.4, 0.5) is 0 Å². The van der Waals surface area contributed by atoms with Gasteiger partial charge in [-0.15, -0.1) is 11.3 Å². The van der Waals surface area contributed by atoms with Crippen molar-refractivity contribution < 1.29 is 9.59 Å². The van der Waals surface area contributed by atoms with E-state index in [4.69, 9.17) is 0 Å². The number of benzene rings is 1. The fourth-order valence-corrected chi connectivity index (χ4v) is 5.72. The first-order chi connectivity index (χ1) is 14.2. The Morgan fingerprint density at radius 2 is 1.97 bits per heavy atom. The molecule has 1 aromatic carbocycles. The molecule has 0 unspecified atom stereocenters. The molecule has 0 saturated carbocycles. The van der Waals surface area contributed by atoms with Gasteiger partial charge in [-0.25, -0.2) is 4.98 Å². The Hall–Kier alpha value is -1.94. The maximum Gasteiger partial charge on any atom is 0.254 e. The molecule has 152 valence electrons. The minimum Gasteiger partial charge on any atom is -0.354 e. The Bertz CT molecular complexity index is 932. The zero-order chi connectivity index (χ0) is 20.1. The fourth-order valence-electron chi connectivity index (χ4n) is 3.19. The number of carbonyl (C=O) groups excluding carboxylic acids is 2. The van der Waals surface area contributed by atoms with Crippen molar-refractivity contribution in [3.63, 3.8) is 0 Å². The van der Waals surface area contributed by atoms with Gasteiger partial charge in [0.05, 0.1) is 21.5 Å². The van der Waals surface area contributed by atoms with Gasteiger partial charge in [0.1, 0.15) is 0 Å². The van der Waals surface area contributed by atoms with Crippen molar-refractivity contribution >= 4 is 56.5 Å². The van der Waals surface area contributed by atoms with Crippen LogP contribution in [0.15, 0.2) is 45.4 Å². The number of piperazine rings is 1. The lowest BCUT2D eigenvalue weighted by Gasteiger charge is -2.34. The Balaban J connectivity index is 1.13. The molecule has 2 amide bonds. The van der Waals surface area contributed by atoms with Crippen molar-refractivity contribution in [2.24, 2.45) is 0 Å². The zero-order valence-corrected chi connectivity index (χ0v) is 18.3. The first-order valence-corrected chi connectivity index (χ1v) is 12.2. The third-order valence-corrected chi connectivity index (χ3v) is 7.64. The lowest BCUT2D eigenvalue weighted by Crippen LogP contribution is -2.50. The van der Waals surface area contributed by atoms with Crippen LogP contribution in [0.1, 0.15) is 10.4 Å². The van der Waals surface area contributed by atoms with E-state index in [1.54, 1.807) is 22.7 Å². The maximum atomic E-state index is 12.4. The second kappa shape index (κ2) is 9.71. The standard InChI is InChI=1S/C20H22N4O2S3/c25-18(14-28-20-22-16-3-1-2-4-17(16)29-20)21-6-7-23-8-10-24(11-9-23)19(26)15-5-12-27-13-15/h1-5,12-13H,6-11,14H2,(H,21,25). The normalized spacial score (nSPS) is 15.0. The molecule has 0 bridgehead atoms. The van der Waals surface area contributed by atoms with Crippen molar-refractivity contribution in [1.82, 2.24) is 20.1 Å². The van der Waals surface area contributed by atoms with Crippen LogP contribution in [-0.2, 0) is 4.79 Å². The van der Waals surface area contributed by atoms with Gasteiger partial charge in [-0.05, 0) is 23.6 Å². The number of nitrogens with zero attached hydrogens (tertiary/aromatic N) is 3. The fraction of sp³-hybridized carbons (Fsp3) is 0.350. The minimum absolute atomic E-state index is 0.0283. The summed E-state index contributed by atoms with van der Waals surface area (Å²) in [5, 5.41) is 6.82. The van der Waals surface area contributed by atoms with Gasteiger partial charge in [0.15, 0.2) is 4.34 Å². The molecule has 3 heterocycles. The molecule has 1 fully saturated rings. The maximum absolute atomic E-state index is 12.4. The van der Waals surface area contributed by atoms with E-state index in [2.05, 4.69) is 15.2 Å². The molecular formula is C20H22N4O2S3. The summed E-state index contributed by atoms with van der Waals surface area (Å²) in [5.41, 5.74) is 1.76. The molecule has 9 heteroatoms. The summed E-state index contributed by atoms with van der Waals surface area (Å²) in [4.78, 5) is 33.2. The van der Waals surface area contributed by atoms with Gasteiger partial charge in [-0.2, -0.15) is 11.3 Å². The van der Waals surface area contributed by atoms with Crippen LogP contribution in [0.2, 0.25) is 0 Å². The van der Waals surface area contributed by atoms with Crippen LogP contribution in [0.25, 0.3) is 10.2 Å². The predicted octanol–water partition coefficient (Wildman–Crippen LogP) is 3.02. The third-order valence-electron chi connectivity index (χ3n) is 4.78. The average molecular weight is 447 g/mol. The molecule has 0 atom stereocenters. The van der Waals surface area contributed by atoms with Crippen LogP contribution in [0.3, 0.4) is 0 Å². The van der Waals surface area contributed by atoms with E-state index in [-0.39, 0.29) is 11.8 Å². The monoisotopic (exact) mass is 446 g/mol.